The molecule has 1 saturated heterocycles. The van der Waals surface area contributed by atoms with Crippen LogP contribution in [0, 0.1) is 0 Å². The maximum absolute atomic E-state index is 11.3. The first kappa shape index (κ1) is 12.1. The normalized spacial score (nSPS) is 18.9. The van der Waals surface area contributed by atoms with Crippen molar-refractivity contribution in [2.24, 2.45) is 0 Å². The Morgan fingerprint density at radius 3 is 2.53 bits per heavy atom. The summed E-state index contributed by atoms with van der Waals surface area (Å²) >= 11 is 5.92. The second-order valence-corrected chi connectivity index (χ2v) is 4.54. The van der Waals surface area contributed by atoms with Gasteiger partial charge in [0, 0.05) is 11.1 Å². The van der Waals surface area contributed by atoms with E-state index in [1.54, 1.807) is 6.07 Å². The third kappa shape index (κ3) is 2.84. The lowest BCUT2D eigenvalue weighted by Crippen LogP contribution is -2.51. The number of carbonyl (C=O) groups is 2. The quantitative estimate of drug-likeness (QED) is 0.809. The highest BCUT2D eigenvalue weighted by atomic mass is 35.5. The van der Waals surface area contributed by atoms with Crippen molar-refractivity contribution < 1.29 is 9.59 Å². The molecule has 1 fully saturated rings. The Morgan fingerprint density at radius 1 is 1.29 bits per heavy atom. The van der Waals surface area contributed by atoms with E-state index in [0.29, 0.717) is 5.02 Å². The minimum absolute atomic E-state index is 0.0105. The lowest BCUT2D eigenvalue weighted by atomic mass is 10.1. The summed E-state index contributed by atoms with van der Waals surface area (Å²) in [6.45, 7) is 2.43. The number of nitrogens with one attached hydrogen (secondary N) is 1. The SMILES string of the molecule is CC(c1cccc(Cl)c1)N1CC(=O)NC(=O)C1. The van der Waals surface area contributed by atoms with E-state index >= 15 is 0 Å². The Morgan fingerprint density at radius 2 is 1.94 bits per heavy atom. The monoisotopic (exact) mass is 252 g/mol. The van der Waals surface area contributed by atoms with Gasteiger partial charge in [0.15, 0.2) is 0 Å². The van der Waals surface area contributed by atoms with Crippen LogP contribution in [0.3, 0.4) is 0 Å². The van der Waals surface area contributed by atoms with Crippen molar-refractivity contribution in [1.82, 2.24) is 10.2 Å². The topological polar surface area (TPSA) is 49.4 Å². The Kier molecular flexibility index (Phi) is 3.45. The van der Waals surface area contributed by atoms with Gasteiger partial charge >= 0.3 is 0 Å². The van der Waals surface area contributed by atoms with E-state index in [9.17, 15) is 9.59 Å². The minimum atomic E-state index is -0.255. The smallest absolute Gasteiger partial charge is 0.240 e. The average molecular weight is 253 g/mol. The van der Waals surface area contributed by atoms with Crippen LogP contribution in [-0.2, 0) is 9.59 Å². The van der Waals surface area contributed by atoms with Crippen LogP contribution in [0.2, 0.25) is 5.02 Å². The number of halogens is 1. The molecule has 0 aliphatic carbocycles. The molecule has 1 atom stereocenters. The molecule has 0 radical (unpaired) electrons. The lowest BCUT2D eigenvalue weighted by molar-refractivity contribution is -0.137. The fourth-order valence-electron chi connectivity index (χ4n) is 1.91. The number of nitrogens with zero attached hydrogens (tertiary/aromatic N) is 1. The first-order valence-electron chi connectivity index (χ1n) is 5.38. The first-order chi connectivity index (χ1) is 8.06. The largest absolute Gasteiger partial charge is 0.294 e. The molecule has 0 saturated carbocycles. The molecule has 17 heavy (non-hydrogen) atoms. The summed E-state index contributed by atoms with van der Waals surface area (Å²) in [6.07, 6.45) is 0. The average Bonchev–Trinajstić information content (AvgIpc) is 2.26. The predicted octanol–water partition coefficient (Wildman–Crippen LogP) is 1.36. The lowest BCUT2D eigenvalue weighted by Gasteiger charge is -2.31. The molecule has 0 spiro atoms. The summed E-state index contributed by atoms with van der Waals surface area (Å²) in [5.41, 5.74) is 1.00. The van der Waals surface area contributed by atoms with Crippen molar-refractivity contribution in [3.05, 3.63) is 34.9 Å². The van der Waals surface area contributed by atoms with Gasteiger partial charge in [-0.05, 0) is 24.6 Å². The second kappa shape index (κ2) is 4.85. The molecule has 4 nitrogen and oxygen atoms in total. The van der Waals surface area contributed by atoms with E-state index in [2.05, 4.69) is 5.32 Å². The van der Waals surface area contributed by atoms with Gasteiger partial charge < -0.3 is 0 Å². The van der Waals surface area contributed by atoms with Gasteiger partial charge in [0.1, 0.15) is 0 Å². The zero-order valence-corrected chi connectivity index (χ0v) is 10.2. The first-order valence-corrected chi connectivity index (χ1v) is 5.76. The zero-order valence-electron chi connectivity index (χ0n) is 9.44. The number of imide groups is 1. The molecule has 2 amide bonds. The zero-order chi connectivity index (χ0) is 12.4. The summed E-state index contributed by atoms with van der Waals surface area (Å²) in [5, 5.41) is 2.94. The van der Waals surface area contributed by atoms with Gasteiger partial charge in [-0.3, -0.25) is 19.8 Å². The summed E-state index contributed by atoms with van der Waals surface area (Å²) in [5.74, 6) is -0.509. The molecule has 5 heteroatoms. The van der Waals surface area contributed by atoms with Gasteiger partial charge in [0.2, 0.25) is 11.8 Å². The highest BCUT2D eigenvalue weighted by Gasteiger charge is 2.26. The molecular weight excluding hydrogens is 240 g/mol. The molecule has 1 aliphatic rings. The maximum atomic E-state index is 11.3. The van der Waals surface area contributed by atoms with Crippen molar-refractivity contribution in [3.63, 3.8) is 0 Å². The Bertz CT molecular complexity index is 446. The number of carbonyl (C=O) groups excluding carboxylic acids is 2. The molecule has 1 heterocycles. The Labute approximate surface area is 105 Å². The van der Waals surface area contributed by atoms with Gasteiger partial charge in [0.25, 0.3) is 0 Å². The molecule has 1 aromatic carbocycles. The molecular formula is C12H13ClN2O2. The van der Waals surface area contributed by atoms with E-state index in [4.69, 9.17) is 11.6 Å². The van der Waals surface area contributed by atoms with Gasteiger partial charge in [-0.1, -0.05) is 23.7 Å². The summed E-state index contributed by atoms with van der Waals surface area (Å²) in [4.78, 5) is 24.4. The summed E-state index contributed by atoms with van der Waals surface area (Å²) < 4.78 is 0. The predicted molar refractivity (Wildman–Crippen MR) is 64.6 cm³/mol. The Hall–Kier alpha value is -1.39. The van der Waals surface area contributed by atoms with E-state index in [1.807, 2.05) is 30.0 Å². The third-order valence-electron chi connectivity index (χ3n) is 2.85. The molecule has 1 aliphatic heterocycles. The van der Waals surface area contributed by atoms with Crippen LogP contribution in [0.25, 0.3) is 0 Å². The maximum Gasteiger partial charge on any atom is 0.240 e. The van der Waals surface area contributed by atoms with Crippen molar-refractivity contribution in [1.29, 1.82) is 0 Å². The van der Waals surface area contributed by atoms with E-state index in [-0.39, 0.29) is 30.9 Å². The van der Waals surface area contributed by atoms with Crippen LogP contribution in [-0.4, -0.2) is 29.8 Å². The molecule has 1 unspecified atom stereocenters. The van der Waals surface area contributed by atoms with E-state index in [1.165, 1.54) is 0 Å². The summed E-state index contributed by atoms with van der Waals surface area (Å²) in [7, 11) is 0. The number of amides is 2. The van der Waals surface area contributed by atoms with Crippen molar-refractivity contribution in [2.45, 2.75) is 13.0 Å². The minimum Gasteiger partial charge on any atom is -0.294 e. The van der Waals surface area contributed by atoms with Crippen LogP contribution in [0.5, 0.6) is 0 Å². The number of hydrogen-bond acceptors (Lipinski definition) is 3. The molecule has 0 aromatic heterocycles. The molecule has 0 bridgehead atoms. The van der Waals surface area contributed by atoms with Crippen LogP contribution in [0.4, 0.5) is 0 Å². The van der Waals surface area contributed by atoms with E-state index in [0.717, 1.165) is 5.56 Å². The van der Waals surface area contributed by atoms with Crippen LogP contribution >= 0.6 is 11.6 Å². The van der Waals surface area contributed by atoms with Gasteiger partial charge in [-0.2, -0.15) is 0 Å². The highest BCUT2D eigenvalue weighted by Crippen LogP contribution is 2.23. The fourth-order valence-corrected chi connectivity index (χ4v) is 2.11. The van der Waals surface area contributed by atoms with Crippen molar-refractivity contribution in [3.8, 4) is 0 Å². The van der Waals surface area contributed by atoms with Crippen molar-refractivity contribution in [2.75, 3.05) is 13.1 Å². The van der Waals surface area contributed by atoms with Crippen LogP contribution in [0.1, 0.15) is 18.5 Å². The number of benzene rings is 1. The molecule has 1 aromatic rings. The Balaban J connectivity index is 2.16. The van der Waals surface area contributed by atoms with Crippen LogP contribution < -0.4 is 5.32 Å². The molecule has 1 N–H and O–H groups in total. The standard InChI is InChI=1S/C12H13ClN2O2/c1-8(9-3-2-4-10(13)5-9)15-6-11(16)14-12(17)7-15/h2-5,8H,6-7H2,1H3,(H,14,16,17). The highest BCUT2D eigenvalue weighted by molar-refractivity contribution is 6.30. The molecule has 2 rings (SSSR count). The van der Waals surface area contributed by atoms with E-state index < -0.39 is 0 Å². The summed E-state index contributed by atoms with van der Waals surface area (Å²) in [6, 6.07) is 7.44. The van der Waals surface area contributed by atoms with Gasteiger partial charge in [-0.15, -0.1) is 0 Å². The second-order valence-electron chi connectivity index (χ2n) is 4.11. The number of hydrogen-bond donors (Lipinski definition) is 1. The van der Waals surface area contributed by atoms with Gasteiger partial charge in [-0.25, -0.2) is 0 Å². The van der Waals surface area contributed by atoms with Gasteiger partial charge in [0.05, 0.1) is 13.1 Å². The molecule has 90 valence electrons. The van der Waals surface area contributed by atoms with Crippen molar-refractivity contribution >= 4 is 23.4 Å². The van der Waals surface area contributed by atoms with Crippen LogP contribution in [0.15, 0.2) is 24.3 Å². The fraction of sp³-hybridized carbons (Fsp3) is 0.333. The third-order valence-corrected chi connectivity index (χ3v) is 3.09. The number of rotatable bonds is 2. The number of piperazine rings is 1.